The maximum atomic E-state index is 13.2. The molecule has 280 valence electrons. The van der Waals surface area contributed by atoms with Gasteiger partial charge < -0.3 is 24.3 Å². The predicted octanol–water partition coefficient (Wildman–Crippen LogP) is 3.73. The molecule has 7 rings (SSSR count). The zero-order valence-electron chi connectivity index (χ0n) is 30.0. The van der Waals surface area contributed by atoms with E-state index in [9.17, 15) is 19.2 Å². The van der Waals surface area contributed by atoms with Crippen LogP contribution in [-0.4, -0.2) is 95.5 Å². The number of carbonyl (C=O) groups excluding carboxylic acids is 4. The molecule has 0 bridgehead atoms. The standard InChI is InChI=1S/C39H40N6O8S/c1-24-35-43-42-25(2)44(35)39-29(23-53-24)28(22-26-8-4-3-5-9-26)32(54-39)12-7-16-50-18-20-52-21-19-51-17-15-40-30-11-6-10-27-34(30)38(49)45(37(27)48)31-13-14-33(46)41-36(31)47/h3-6,8-11,24,31,40H,13-23H2,1-2H3,(H,41,46,47)/t24-,31?/m0/s1. The van der Waals surface area contributed by atoms with Crippen LogP contribution in [0.3, 0.4) is 0 Å². The molecule has 0 radical (unpaired) electrons. The van der Waals surface area contributed by atoms with Gasteiger partial charge in [0.15, 0.2) is 5.82 Å². The van der Waals surface area contributed by atoms with E-state index in [-0.39, 0.29) is 36.7 Å². The van der Waals surface area contributed by atoms with E-state index in [1.807, 2.05) is 32.0 Å². The molecule has 54 heavy (non-hydrogen) atoms. The number of imide groups is 2. The third-order valence-corrected chi connectivity index (χ3v) is 10.5. The number of nitrogens with zero attached hydrogens (tertiary/aromatic N) is 4. The lowest BCUT2D eigenvalue weighted by molar-refractivity contribution is -0.136. The molecule has 4 aromatic rings. The smallest absolute Gasteiger partial charge is 0.264 e. The molecule has 14 nitrogen and oxygen atoms in total. The summed E-state index contributed by atoms with van der Waals surface area (Å²) in [4.78, 5) is 52.1. The molecule has 15 heteroatoms. The number of ether oxygens (including phenoxy) is 4. The molecule has 2 N–H and O–H groups in total. The zero-order chi connectivity index (χ0) is 37.6. The van der Waals surface area contributed by atoms with E-state index in [0.717, 1.165) is 44.0 Å². The molecule has 3 aliphatic rings. The number of aryl methyl sites for hydroxylation is 1. The molecule has 4 amide bonds. The Kier molecular flexibility index (Phi) is 11.6. The van der Waals surface area contributed by atoms with Gasteiger partial charge >= 0.3 is 0 Å². The normalized spacial score (nSPS) is 17.7. The molecule has 1 fully saturated rings. The number of piperidine rings is 1. The molecule has 0 saturated carbocycles. The maximum Gasteiger partial charge on any atom is 0.264 e. The van der Waals surface area contributed by atoms with Crippen molar-refractivity contribution >= 4 is 40.7 Å². The van der Waals surface area contributed by atoms with E-state index >= 15 is 0 Å². The van der Waals surface area contributed by atoms with Crippen LogP contribution in [0.5, 0.6) is 0 Å². The van der Waals surface area contributed by atoms with Crippen molar-refractivity contribution < 1.29 is 38.1 Å². The Morgan fingerprint density at radius 3 is 2.54 bits per heavy atom. The molecular weight excluding hydrogens is 713 g/mol. The molecule has 3 aliphatic heterocycles. The maximum absolute atomic E-state index is 13.2. The van der Waals surface area contributed by atoms with Crippen LogP contribution >= 0.6 is 11.3 Å². The summed E-state index contributed by atoms with van der Waals surface area (Å²) in [5.41, 5.74) is 4.36. The fourth-order valence-corrected chi connectivity index (χ4v) is 7.94. The van der Waals surface area contributed by atoms with Crippen LogP contribution in [0.15, 0.2) is 48.5 Å². The van der Waals surface area contributed by atoms with E-state index in [4.69, 9.17) is 18.9 Å². The topological polar surface area (TPSA) is 163 Å². The van der Waals surface area contributed by atoms with Gasteiger partial charge in [0.25, 0.3) is 11.8 Å². The highest BCUT2D eigenvalue weighted by Gasteiger charge is 2.45. The first kappa shape index (κ1) is 37.1. The van der Waals surface area contributed by atoms with Crippen LogP contribution < -0.4 is 10.6 Å². The first-order valence-electron chi connectivity index (χ1n) is 17.8. The number of anilines is 1. The molecule has 0 spiro atoms. The van der Waals surface area contributed by atoms with Gasteiger partial charge in [0.05, 0.1) is 55.6 Å². The predicted molar refractivity (Wildman–Crippen MR) is 197 cm³/mol. The van der Waals surface area contributed by atoms with Gasteiger partial charge in [-0.2, -0.15) is 0 Å². The fraction of sp³-hybridized carbons (Fsp3) is 0.385. The number of hydrogen-bond donors (Lipinski definition) is 2. The summed E-state index contributed by atoms with van der Waals surface area (Å²) in [6, 6.07) is 14.2. The minimum Gasteiger partial charge on any atom is -0.382 e. The van der Waals surface area contributed by atoms with Crippen molar-refractivity contribution in [3.63, 3.8) is 0 Å². The third-order valence-electron chi connectivity index (χ3n) is 9.36. The molecule has 0 aliphatic carbocycles. The number of benzene rings is 2. The highest BCUT2D eigenvalue weighted by molar-refractivity contribution is 7.15. The number of thiophene rings is 1. The largest absolute Gasteiger partial charge is 0.382 e. The van der Waals surface area contributed by atoms with Crippen LogP contribution in [0.1, 0.15) is 79.8 Å². The summed E-state index contributed by atoms with van der Waals surface area (Å²) in [6.45, 7) is 6.89. The number of aromatic nitrogens is 3. The second-order valence-electron chi connectivity index (χ2n) is 12.9. The van der Waals surface area contributed by atoms with Crippen molar-refractivity contribution in [1.29, 1.82) is 0 Å². The van der Waals surface area contributed by atoms with Gasteiger partial charge in [-0.15, -0.1) is 21.5 Å². The Hall–Kier alpha value is -5.24. The summed E-state index contributed by atoms with van der Waals surface area (Å²) in [5, 5.41) is 15.1. The summed E-state index contributed by atoms with van der Waals surface area (Å²) in [6.07, 6.45) is 0.730. The van der Waals surface area contributed by atoms with Crippen molar-refractivity contribution in [2.45, 2.75) is 51.9 Å². The molecule has 1 saturated heterocycles. The summed E-state index contributed by atoms with van der Waals surface area (Å²) in [7, 11) is 0. The van der Waals surface area contributed by atoms with Crippen molar-refractivity contribution in [2.75, 3.05) is 51.5 Å². The number of carbonyl (C=O) groups is 4. The van der Waals surface area contributed by atoms with Gasteiger partial charge in [0.1, 0.15) is 29.6 Å². The Labute approximate surface area is 316 Å². The van der Waals surface area contributed by atoms with E-state index in [0.29, 0.717) is 51.9 Å². The van der Waals surface area contributed by atoms with Gasteiger partial charge in [-0.3, -0.25) is 34.0 Å². The minimum atomic E-state index is -1.01. The number of nitrogens with one attached hydrogen (secondary N) is 2. The zero-order valence-corrected chi connectivity index (χ0v) is 30.8. The van der Waals surface area contributed by atoms with E-state index < -0.39 is 29.7 Å². The van der Waals surface area contributed by atoms with Crippen LogP contribution in [0.25, 0.3) is 5.00 Å². The number of amides is 4. The Morgan fingerprint density at radius 1 is 0.963 bits per heavy atom. The third kappa shape index (κ3) is 7.84. The lowest BCUT2D eigenvalue weighted by Crippen LogP contribution is -2.54. The first-order valence-corrected chi connectivity index (χ1v) is 18.7. The minimum absolute atomic E-state index is 0.0647. The average Bonchev–Trinajstić information content (AvgIpc) is 3.76. The first-order chi connectivity index (χ1) is 26.3. The van der Waals surface area contributed by atoms with Crippen LogP contribution in [0.2, 0.25) is 0 Å². The van der Waals surface area contributed by atoms with Crippen LogP contribution in [0, 0.1) is 18.8 Å². The Morgan fingerprint density at radius 2 is 1.74 bits per heavy atom. The highest BCUT2D eigenvalue weighted by atomic mass is 32.1. The van der Waals surface area contributed by atoms with Crippen molar-refractivity contribution in [1.82, 2.24) is 25.0 Å². The monoisotopic (exact) mass is 752 g/mol. The fourth-order valence-electron chi connectivity index (χ4n) is 6.68. The van der Waals surface area contributed by atoms with Crippen LogP contribution in [0.4, 0.5) is 5.69 Å². The lowest BCUT2D eigenvalue weighted by atomic mass is 10.0. The second kappa shape index (κ2) is 16.8. The molecule has 5 heterocycles. The molecule has 2 aromatic heterocycles. The second-order valence-corrected chi connectivity index (χ2v) is 13.9. The summed E-state index contributed by atoms with van der Waals surface area (Å²) >= 11 is 1.63. The quantitative estimate of drug-likeness (QED) is 0.110. The van der Waals surface area contributed by atoms with Gasteiger partial charge in [-0.25, -0.2) is 0 Å². The Bertz CT molecular complexity index is 2120. The SMILES string of the molecule is Cc1nnc2n1-c1sc(C#CCOCCOCCOCCNc3cccc4c3C(=O)N(C3CCC(=O)NC3=O)C4=O)c(Cc3ccccc3)c1CO[C@H]2C. The number of hydrogen-bond acceptors (Lipinski definition) is 12. The molecular formula is C39H40N6O8S. The van der Waals surface area contributed by atoms with Gasteiger partial charge in [-0.1, -0.05) is 48.2 Å². The average molecular weight is 753 g/mol. The highest BCUT2D eigenvalue weighted by Crippen LogP contribution is 2.39. The molecule has 2 atom stereocenters. The van der Waals surface area contributed by atoms with E-state index in [2.05, 4.69) is 49.4 Å². The van der Waals surface area contributed by atoms with Gasteiger partial charge in [-0.05, 0) is 49.9 Å². The van der Waals surface area contributed by atoms with Gasteiger partial charge in [0, 0.05) is 24.2 Å². The van der Waals surface area contributed by atoms with Gasteiger partial charge in [0.2, 0.25) is 11.8 Å². The van der Waals surface area contributed by atoms with Crippen LogP contribution in [-0.2, 0) is 41.6 Å². The Balaban J connectivity index is 0.835. The lowest BCUT2D eigenvalue weighted by Gasteiger charge is -2.27. The molecule has 1 unspecified atom stereocenters. The summed E-state index contributed by atoms with van der Waals surface area (Å²) in [5.74, 6) is 5.96. The van der Waals surface area contributed by atoms with E-state index in [1.165, 1.54) is 5.56 Å². The van der Waals surface area contributed by atoms with Crippen molar-refractivity contribution in [2.24, 2.45) is 0 Å². The summed E-state index contributed by atoms with van der Waals surface area (Å²) < 4.78 is 25.3. The van der Waals surface area contributed by atoms with Crippen molar-refractivity contribution in [3.8, 4) is 16.8 Å². The number of rotatable bonds is 14. The molecule has 2 aromatic carbocycles. The van der Waals surface area contributed by atoms with E-state index in [1.54, 1.807) is 29.5 Å². The van der Waals surface area contributed by atoms with Crippen molar-refractivity contribution in [3.05, 3.63) is 92.9 Å². The number of fused-ring (bicyclic) bond motifs is 4.